The summed E-state index contributed by atoms with van der Waals surface area (Å²) in [5.41, 5.74) is 0. The fourth-order valence-electron chi connectivity index (χ4n) is 1.71. The van der Waals surface area contributed by atoms with Crippen LogP contribution in [0.3, 0.4) is 0 Å². The van der Waals surface area contributed by atoms with Crippen molar-refractivity contribution in [3.8, 4) is 0 Å². The van der Waals surface area contributed by atoms with Gasteiger partial charge in [0, 0.05) is 0 Å². The lowest BCUT2D eigenvalue weighted by atomic mass is 10.4. The Morgan fingerprint density at radius 1 is 0.818 bits per heavy atom. The second-order valence-corrected chi connectivity index (χ2v) is 8.91. The molecule has 0 spiro atoms. The molecule has 2 aromatic carbocycles. The van der Waals surface area contributed by atoms with Crippen LogP contribution in [0.2, 0.25) is 10.0 Å². The van der Waals surface area contributed by atoms with Crippen molar-refractivity contribution < 1.29 is 16.8 Å². The van der Waals surface area contributed by atoms with Gasteiger partial charge in [0.1, 0.15) is 0 Å². The van der Waals surface area contributed by atoms with Crippen molar-refractivity contribution in [3.63, 3.8) is 0 Å². The molecule has 0 saturated carbocycles. The highest BCUT2D eigenvalue weighted by Gasteiger charge is 2.21. The zero-order valence-electron chi connectivity index (χ0n) is 11.2. The van der Waals surface area contributed by atoms with Gasteiger partial charge >= 0.3 is 0 Å². The van der Waals surface area contributed by atoms with E-state index in [9.17, 15) is 16.8 Å². The van der Waals surface area contributed by atoms with E-state index in [1.807, 2.05) is 0 Å². The fourth-order valence-corrected chi connectivity index (χ4v) is 4.25. The number of hydrogen-bond acceptors (Lipinski definition) is 4. The van der Waals surface area contributed by atoms with Gasteiger partial charge < -0.3 is 0 Å². The predicted octanol–water partition coefficient (Wildman–Crippen LogP) is 2.73. The van der Waals surface area contributed by atoms with Gasteiger partial charge in [0.15, 0.2) is 0 Å². The summed E-state index contributed by atoms with van der Waals surface area (Å²) in [6.45, 7) is 0. The van der Waals surface area contributed by atoms with E-state index in [-0.39, 0.29) is 24.7 Å². The normalized spacial score (nSPS) is 12.3. The van der Waals surface area contributed by atoms with Crippen LogP contribution in [0.25, 0.3) is 0 Å². The SMILES string of the molecule is CNS(=O)(=O)c1cccc(S(=O)(=O)c2ccc(Cl)c(Cl)c2)c1. The van der Waals surface area contributed by atoms with E-state index in [0.717, 1.165) is 6.07 Å². The number of nitrogens with one attached hydrogen (secondary N) is 1. The first-order valence-electron chi connectivity index (χ1n) is 5.92. The van der Waals surface area contributed by atoms with Crippen LogP contribution in [-0.2, 0) is 19.9 Å². The average Bonchev–Trinajstić information content (AvgIpc) is 2.50. The van der Waals surface area contributed by atoms with Crippen LogP contribution in [0.15, 0.2) is 57.2 Å². The van der Waals surface area contributed by atoms with E-state index in [2.05, 4.69) is 4.72 Å². The quantitative estimate of drug-likeness (QED) is 0.885. The summed E-state index contributed by atoms with van der Waals surface area (Å²) in [7, 11) is -6.40. The Bertz CT molecular complexity index is 925. The van der Waals surface area contributed by atoms with Crippen molar-refractivity contribution in [3.05, 3.63) is 52.5 Å². The molecule has 0 aromatic heterocycles. The Labute approximate surface area is 138 Å². The van der Waals surface area contributed by atoms with E-state index in [1.54, 1.807) is 0 Å². The predicted molar refractivity (Wildman–Crippen MR) is 84.6 cm³/mol. The molecule has 0 fully saturated rings. The summed E-state index contributed by atoms with van der Waals surface area (Å²) in [6.07, 6.45) is 0. The zero-order valence-corrected chi connectivity index (χ0v) is 14.4. The molecular formula is C13H11Cl2NO4S2. The van der Waals surface area contributed by atoms with Gasteiger partial charge in [0.2, 0.25) is 19.9 Å². The highest BCUT2D eigenvalue weighted by molar-refractivity contribution is 7.91. The first-order valence-corrected chi connectivity index (χ1v) is 9.64. The Morgan fingerprint density at radius 3 is 2.00 bits per heavy atom. The first-order chi connectivity index (χ1) is 10.2. The van der Waals surface area contributed by atoms with Crippen LogP contribution in [0.1, 0.15) is 0 Å². The summed E-state index contributed by atoms with van der Waals surface area (Å²) in [5, 5.41) is 0.328. The molecule has 9 heteroatoms. The molecule has 1 N–H and O–H groups in total. The van der Waals surface area contributed by atoms with Crippen LogP contribution in [0.5, 0.6) is 0 Å². The molecule has 0 aliphatic heterocycles. The molecule has 0 bridgehead atoms. The lowest BCUT2D eigenvalue weighted by Crippen LogP contribution is -2.18. The Balaban J connectivity index is 2.60. The zero-order chi connectivity index (χ0) is 16.5. The molecule has 22 heavy (non-hydrogen) atoms. The lowest BCUT2D eigenvalue weighted by Gasteiger charge is -2.08. The standard InChI is InChI=1S/C13H11Cl2NO4S2/c1-16-22(19,20)11-4-2-3-9(7-11)21(17,18)10-5-6-12(14)13(15)8-10/h2-8,16H,1H3. The van der Waals surface area contributed by atoms with E-state index in [0.29, 0.717) is 0 Å². The molecule has 0 atom stereocenters. The van der Waals surface area contributed by atoms with Gasteiger partial charge in [-0.15, -0.1) is 0 Å². The Kier molecular flexibility index (Phi) is 4.84. The second kappa shape index (κ2) is 6.17. The van der Waals surface area contributed by atoms with Crippen molar-refractivity contribution in [1.29, 1.82) is 0 Å². The smallest absolute Gasteiger partial charge is 0.219 e. The molecule has 5 nitrogen and oxygen atoms in total. The molecule has 0 heterocycles. The number of hydrogen-bond donors (Lipinski definition) is 1. The monoisotopic (exact) mass is 379 g/mol. The van der Waals surface area contributed by atoms with Crippen molar-refractivity contribution >= 4 is 43.1 Å². The minimum Gasteiger partial charge on any atom is -0.219 e. The number of benzene rings is 2. The number of rotatable bonds is 4. The molecule has 2 rings (SSSR count). The first kappa shape index (κ1) is 17.2. The molecule has 0 radical (unpaired) electrons. The maximum Gasteiger partial charge on any atom is 0.240 e. The van der Waals surface area contributed by atoms with E-state index in [4.69, 9.17) is 23.2 Å². The van der Waals surface area contributed by atoms with Crippen molar-refractivity contribution in [1.82, 2.24) is 4.72 Å². The molecule has 0 aliphatic rings. The lowest BCUT2D eigenvalue weighted by molar-refractivity contribution is 0.587. The third-order valence-electron chi connectivity index (χ3n) is 2.90. The maximum atomic E-state index is 12.5. The van der Waals surface area contributed by atoms with Gasteiger partial charge in [0.25, 0.3) is 0 Å². The highest BCUT2D eigenvalue weighted by atomic mass is 35.5. The van der Waals surface area contributed by atoms with E-state index >= 15 is 0 Å². The van der Waals surface area contributed by atoms with Crippen molar-refractivity contribution in [2.75, 3.05) is 7.05 Å². The van der Waals surface area contributed by atoms with Crippen LogP contribution in [-0.4, -0.2) is 23.9 Å². The minimum atomic E-state index is -3.90. The van der Waals surface area contributed by atoms with Gasteiger partial charge in [-0.3, -0.25) is 0 Å². The van der Waals surface area contributed by atoms with E-state index < -0.39 is 19.9 Å². The topological polar surface area (TPSA) is 80.3 Å². The van der Waals surface area contributed by atoms with Crippen molar-refractivity contribution in [2.24, 2.45) is 0 Å². The van der Waals surface area contributed by atoms with Gasteiger partial charge in [0.05, 0.1) is 24.7 Å². The van der Waals surface area contributed by atoms with Crippen LogP contribution in [0.4, 0.5) is 0 Å². The maximum absolute atomic E-state index is 12.5. The molecule has 0 unspecified atom stereocenters. The summed E-state index contributed by atoms with van der Waals surface area (Å²) in [6, 6.07) is 8.96. The molecule has 2 aromatic rings. The fraction of sp³-hybridized carbons (Fsp3) is 0.0769. The van der Waals surface area contributed by atoms with Crippen LogP contribution in [0, 0.1) is 0 Å². The molecule has 0 saturated heterocycles. The molecular weight excluding hydrogens is 369 g/mol. The average molecular weight is 380 g/mol. The summed E-state index contributed by atoms with van der Waals surface area (Å²) in [4.78, 5) is -0.362. The molecule has 0 aliphatic carbocycles. The van der Waals surface area contributed by atoms with Crippen molar-refractivity contribution in [2.45, 2.75) is 14.7 Å². The highest BCUT2D eigenvalue weighted by Crippen LogP contribution is 2.29. The summed E-state index contributed by atoms with van der Waals surface area (Å²) >= 11 is 11.6. The van der Waals surface area contributed by atoms with Crippen LogP contribution < -0.4 is 4.72 Å². The Morgan fingerprint density at radius 2 is 1.41 bits per heavy atom. The molecule has 118 valence electrons. The van der Waals surface area contributed by atoms with E-state index in [1.165, 1.54) is 43.4 Å². The second-order valence-electron chi connectivity index (χ2n) is 4.26. The Hall–Kier alpha value is -1.12. The van der Waals surface area contributed by atoms with Gasteiger partial charge in [-0.05, 0) is 43.4 Å². The number of sulfone groups is 1. The number of halogens is 2. The van der Waals surface area contributed by atoms with Gasteiger partial charge in [-0.2, -0.15) is 0 Å². The summed E-state index contributed by atoms with van der Waals surface area (Å²) in [5.74, 6) is 0. The third-order valence-corrected chi connectivity index (χ3v) is 6.80. The molecule has 0 amide bonds. The van der Waals surface area contributed by atoms with Gasteiger partial charge in [-0.1, -0.05) is 29.3 Å². The third kappa shape index (κ3) is 3.28. The van der Waals surface area contributed by atoms with Gasteiger partial charge in [-0.25, -0.2) is 21.6 Å². The largest absolute Gasteiger partial charge is 0.240 e. The van der Waals surface area contributed by atoms with Crippen LogP contribution >= 0.6 is 23.2 Å². The minimum absolute atomic E-state index is 0.0686. The number of sulfonamides is 1. The summed E-state index contributed by atoms with van der Waals surface area (Å²) < 4.78 is 50.8.